The summed E-state index contributed by atoms with van der Waals surface area (Å²) in [7, 11) is 0. The predicted octanol–water partition coefficient (Wildman–Crippen LogP) is 1.94. The van der Waals surface area contributed by atoms with E-state index in [2.05, 4.69) is 5.32 Å². The summed E-state index contributed by atoms with van der Waals surface area (Å²) in [5.41, 5.74) is -1.79. The number of Topliss-reactive ketones (excluding diaryl/α,β-unsaturated/α-hetero) is 1. The molecule has 0 bridgehead atoms. The lowest BCUT2D eigenvalue weighted by atomic mass is 9.87. The molecule has 0 saturated carbocycles. The van der Waals surface area contributed by atoms with Crippen LogP contribution in [0.3, 0.4) is 0 Å². The number of para-hydroxylation sites is 1. The predicted molar refractivity (Wildman–Crippen MR) is 53.5 cm³/mol. The summed E-state index contributed by atoms with van der Waals surface area (Å²) < 4.78 is 14.0. The minimum Gasteiger partial charge on any atom is -0.322 e. The van der Waals surface area contributed by atoms with Crippen LogP contribution < -0.4 is 5.32 Å². The first-order valence-electron chi connectivity index (χ1n) is 4.74. The number of carbonyl (C=O) groups is 2. The maximum atomic E-state index is 14.0. The molecule has 0 spiro atoms. The van der Waals surface area contributed by atoms with Crippen LogP contribution in [-0.2, 0) is 4.79 Å². The molecule has 2 rings (SSSR count). The third-order valence-corrected chi connectivity index (χ3v) is 2.63. The maximum absolute atomic E-state index is 14.0. The minimum atomic E-state index is -2.41. The van der Waals surface area contributed by atoms with E-state index < -0.39 is 17.4 Å². The Morgan fingerprint density at radius 1 is 1.33 bits per heavy atom. The van der Waals surface area contributed by atoms with E-state index in [0.29, 0.717) is 5.69 Å². The highest BCUT2D eigenvalue weighted by atomic mass is 19.1. The van der Waals surface area contributed by atoms with E-state index in [4.69, 9.17) is 0 Å². The highest BCUT2D eigenvalue weighted by molar-refractivity contribution is 6.26. The van der Waals surface area contributed by atoms with Crippen molar-refractivity contribution < 1.29 is 14.0 Å². The number of hydrogen-bond acceptors (Lipinski definition) is 2. The number of benzene rings is 1. The van der Waals surface area contributed by atoms with Gasteiger partial charge < -0.3 is 5.32 Å². The summed E-state index contributed by atoms with van der Waals surface area (Å²) in [5.74, 6) is -1.61. The fourth-order valence-corrected chi connectivity index (χ4v) is 1.65. The van der Waals surface area contributed by atoms with E-state index in [1.54, 1.807) is 18.2 Å². The number of halogens is 1. The number of carbonyl (C=O) groups excluding carboxylic acids is 2. The zero-order valence-corrected chi connectivity index (χ0v) is 8.21. The van der Waals surface area contributed by atoms with Gasteiger partial charge in [0, 0.05) is 5.56 Å². The molecule has 1 aliphatic rings. The van der Waals surface area contributed by atoms with Gasteiger partial charge in [0.1, 0.15) is 0 Å². The Labute approximate surface area is 86.3 Å². The van der Waals surface area contributed by atoms with Gasteiger partial charge in [-0.2, -0.15) is 0 Å². The fourth-order valence-electron chi connectivity index (χ4n) is 1.65. The summed E-state index contributed by atoms with van der Waals surface area (Å²) in [6.07, 6.45) is -0.147. The van der Waals surface area contributed by atoms with Crippen LogP contribution in [0.4, 0.5) is 10.1 Å². The normalized spacial score (nSPS) is 24.7. The van der Waals surface area contributed by atoms with E-state index >= 15 is 0 Å². The standard InChI is InChI=1S/C11H10FNO2/c1-2-11(12)9(14)7-5-3-4-6-8(7)13-10(11)15/h3-6H,2H2,1H3,(H,13,15)/t11-/m1/s1. The second kappa shape index (κ2) is 3.15. The van der Waals surface area contributed by atoms with Crippen LogP contribution in [0.2, 0.25) is 0 Å². The summed E-state index contributed by atoms with van der Waals surface area (Å²) >= 11 is 0. The van der Waals surface area contributed by atoms with Gasteiger partial charge in [0.25, 0.3) is 11.6 Å². The Morgan fingerprint density at radius 2 is 2.00 bits per heavy atom. The maximum Gasteiger partial charge on any atom is 0.270 e. The molecule has 1 atom stereocenters. The molecule has 0 fully saturated rings. The molecule has 1 aromatic carbocycles. The van der Waals surface area contributed by atoms with E-state index in [-0.39, 0.29) is 12.0 Å². The Kier molecular flexibility index (Phi) is 2.07. The van der Waals surface area contributed by atoms with Crippen molar-refractivity contribution in [1.82, 2.24) is 0 Å². The molecule has 0 aliphatic carbocycles. The van der Waals surface area contributed by atoms with Crippen molar-refractivity contribution in [2.75, 3.05) is 5.32 Å². The third-order valence-electron chi connectivity index (χ3n) is 2.63. The first-order valence-corrected chi connectivity index (χ1v) is 4.74. The van der Waals surface area contributed by atoms with Crippen LogP contribution in [0.5, 0.6) is 0 Å². The van der Waals surface area contributed by atoms with Crippen LogP contribution in [0.15, 0.2) is 24.3 Å². The van der Waals surface area contributed by atoms with Crippen molar-refractivity contribution in [2.45, 2.75) is 19.0 Å². The van der Waals surface area contributed by atoms with Crippen LogP contribution >= 0.6 is 0 Å². The lowest BCUT2D eigenvalue weighted by Crippen LogP contribution is -2.49. The molecular weight excluding hydrogens is 197 g/mol. The van der Waals surface area contributed by atoms with Crippen molar-refractivity contribution in [2.24, 2.45) is 0 Å². The Balaban J connectivity index is 2.57. The Hall–Kier alpha value is -1.71. The zero-order valence-electron chi connectivity index (χ0n) is 8.21. The van der Waals surface area contributed by atoms with Crippen LogP contribution in [0, 0.1) is 0 Å². The van der Waals surface area contributed by atoms with Gasteiger partial charge in [-0.15, -0.1) is 0 Å². The van der Waals surface area contributed by atoms with E-state index in [1.807, 2.05) is 0 Å². The SMILES string of the molecule is CC[C@]1(F)C(=O)Nc2ccccc2C1=O. The summed E-state index contributed by atoms with van der Waals surface area (Å²) in [5, 5.41) is 2.40. The molecule has 0 radical (unpaired) electrons. The molecule has 78 valence electrons. The number of alkyl halides is 1. The molecule has 0 unspecified atom stereocenters. The highest BCUT2D eigenvalue weighted by Gasteiger charge is 2.48. The number of ketones is 1. The minimum absolute atomic E-state index is 0.147. The zero-order chi connectivity index (χ0) is 11.1. The van der Waals surface area contributed by atoms with Crippen LogP contribution in [0.25, 0.3) is 0 Å². The van der Waals surface area contributed by atoms with Gasteiger partial charge in [-0.1, -0.05) is 19.1 Å². The lowest BCUT2D eigenvalue weighted by molar-refractivity contribution is -0.125. The highest BCUT2D eigenvalue weighted by Crippen LogP contribution is 2.32. The van der Waals surface area contributed by atoms with Crippen molar-refractivity contribution >= 4 is 17.4 Å². The van der Waals surface area contributed by atoms with Gasteiger partial charge in [0.15, 0.2) is 0 Å². The summed E-state index contributed by atoms with van der Waals surface area (Å²) in [6.45, 7) is 1.48. The first kappa shape index (κ1) is 9.83. The molecule has 4 heteroatoms. The third kappa shape index (κ3) is 1.25. The number of anilines is 1. The molecule has 15 heavy (non-hydrogen) atoms. The van der Waals surface area contributed by atoms with E-state index in [9.17, 15) is 14.0 Å². The summed E-state index contributed by atoms with van der Waals surface area (Å²) in [4.78, 5) is 23.2. The van der Waals surface area contributed by atoms with Gasteiger partial charge in [-0.3, -0.25) is 9.59 Å². The van der Waals surface area contributed by atoms with Crippen molar-refractivity contribution in [3.8, 4) is 0 Å². The molecule has 0 aromatic heterocycles. The lowest BCUT2D eigenvalue weighted by Gasteiger charge is -2.27. The number of amides is 1. The van der Waals surface area contributed by atoms with Crippen LogP contribution in [0.1, 0.15) is 23.7 Å². The van der Waals surface area contributed by atoms with Gasteiger partial charge in [-0.25, -0.2) is 4.39 Å². The van der Waals surface area contributed by atoms with Gasteiger partial charge in [-0.05, 0) is 18.6 Å². The molecule has 1 aromatic rings. The van der Waals surface area contributed by atoms with Crippen LogP contribution in [-0.4, -0.2) is 17.4 Å². The van der Waals surface area contributed by atoms with Gasteiger partial charge in [0.05, 0.1) is 5.69 Å². The van der Waals surface area contributed by atoms with Crippen molar-refractivity contribution in [3.63, 3.8) is 0 Å². The largest absolute Gasteiger partial charge is 0.322 e. The molecule has 1 heterocycles. The van der Waals surface area contributed by atoms with Crippen molar-refractivity contribution in [3.05, 3.63) is 29.8 Å². The number of rotatable bonds is 1. The molecule has 0 saturated heterocycles. The first-order chi connectivity index (χ1) is 7.09. The fraction of sp³-hybridized carbons (Fsp3) is 0.273. The number of hydrogen-bond donors (Lipinski definition) is 1. The average molecular weight is 207 g/mol. The monoisotopic (exact) mass is 207 g/mol. The number of fused-ring (bicyclic) bond motifs is 1. The Morgan fingerprint density at radius 3 is 2.67 bits per heavy atom. The quantitative estimate of drug-likeness (QED) is 0.715. The Bertz CT molecular complexity index is 444. The van der Waals surface area contributed by atoms with E-state index in [0.717, 1.165) is 0 Å². The molecule has 1 aliphatic heterocycles. The molecular formula is C11H10FNO2. The molecule has 1 N–H and O–H groups in total. The van der Waals surface area contributed by atoms with Crippen molar-refractivity contribution in [1.29, 1.82) is 0 Å². The second-order valence-electron chi connectivity index (χ2n) is 3.48. The van der Waals surface area contributed by atoms with Gasteiger partial charge in [0.2, 0.25) is 5.78 Å². The number of nitrogens with one attached hydrogen (secondary N) is 1. The summed E-state index contributed by atoms with van der Waals surface area (Å²) in [6, 6.07) is 6.43. The second-order valence-corrected chi connectivity index (χ2v) is 3.48. The molecule has 3 nitrogen and oxygen atoms in total. The van der Waals surface area contributed by atoms with Gasteiger partial charge >= 0.3 is 0 Å². The van der Waals surface area contributed by atoms with E-state index in [1.165, 1.54) is 13.0 Å². The smallest absolute Gasteiger partial charge is 0.270 e. The average Bonchev–Trinajstić information content (AvgIpc) is 2.26. The topological polar surface area (TPSA) is 46.2 Å². The molecule has 1 amide bonds.